The average molecular weight is 265 g/mol. The van der Waals surface area contributed by atoms with E-state index >= 15 is 0 Å². The molecule has 3 heteroatoms. The summed E-state index contributed by atoms with van der Waals surface area (Å²) in [6.45, 7) is 6.55. The summed E-state index contributed by atoms with van der Waals surface area (Å²) < 4.78 is 10.6. The zero-order chi connectivity index (χ0) is 14.5. The van der Waals surface area contributed by atoms with E-state index in [2.05, 4.69) is 26.8 Å². The van der Waals surface area contributed by atoms with Gasteiger partial charge < -0.3 is 15.2 Å². The molecule has 0 heterocycles. The molecule has 19 heavy (non-hydrogen) atoms. The second kappa shape index (κ2) is 6.80. The SMILES string of the molecule is CCCC(C)C(C)(N)Cc1ccc(OC)c(OC)c1. The molecule has 0 aliphatic heterocycles. The topological polar surface area (TPSA) is 44.5 Å². The molecule has 0 radical (unpaired) electrons. The van der Waals surface area contributed by atoms with Crippen molar-refractivity contribution in [2.45, 2.75) is 45.6 Å². The van der Waals surface area contributed by atoms with Gasteiger partial charge in [0.25, 0.3) is 0 Å². The molecule has 0 aliphatic carbocycles. The van der Waals surface area contributed by atoms with Crippen molar-refractivity contribution in [3.05, 3.63) is 23.8 Å². The van der Waals surface area contributed by atoms with Crippen molar-refractivity contribution in [1.82, 2.24) is 0 Å². The molecule has 0 spiro atoms. The molecule has 0 saturated carbocycles. The Balaban J connectivity index is 2.87. The van der Waals surface area contributed by atoms with E-state index in [4.69, 9.17) is 15.2 Å². The Kier molecular flexibility index (Phi) is 5.67. The van der Waals surface area contributed by atoms with Crippen LogP contribution in [0.4, 0.5) is 0 Å². The highest BCUT2D eigenvalue weighted by Gasteiger charge is 2.26. The first-order chi connectivity index (χ1) is 8.94. The van der Waals surface area contributed by atoms with Crippen molar-refractivity contribution in [1.29, 1.82) is 0 Å². The van der Waals surface area contributed by atoms with Crippen molar-refractivity contribution in [3.63, 3.8) is 0 Å². The number of methoxy groups -OCH3 is 2. The summed E-state index contributed by atoms with van der Waals surface area (Å²) in [4.78, 5) is 0. The van der Waals surface area contributed by atoms with Crippen molar-refractivity contribution in [2.24, 2.45) is 11.7 Å². The zero-order valence-corrected chi connectivity index (χ0v) is 12.8. The van der Waals surface area contributed by atoms with Crippen molar-refractivity contribution in [2.75, 3.05) is 14.2 Å². The van der Waals surface area contributed by atoms with Crippen molar-refractivity contribution in [3.8, 4) is 11.5 Å². The van der Waals surface area contributed by atoms with Crippen LogP contribution in [-0.2, 0) is 6.42 Å². The first kappa shape index (κ1) is 15.8. The summed E-state index contributed by atoms with van der Waals surface area (Å²) >= 11 is 0. The minimum Gasteiger partial charge on any atom is -0.493 e. The van der Waals surface area contributed by atoms with Gasteiger partial charge in [-0.2, -0.15) is 0 Å². The second-order valence-electron chi connectivity index (χ2n) is 5.56. The highest BCUT2D eigenvalue weighted by atomic mass is 16.5. The number of hydrogen-bond acceptors (Lipinski definition) is 3. The van der Waals surface area contributed by atoms with Crippen LogP contribution in [-0.4, -0.2) is 19.8 Å². The fraction of sp³-hybridized carbons (Fsp3) is 0.625. The molecule has 0 aromatic heterocycles. The zero-order valence-electron chi connectivity index (χ0n) is 12.8. The van der Waals surface area contributed by atoms with Gasteiger partial charge in [-0.25, -0.2) is 0 Å². The Morgan fingerprint density at radius 1 is 1.21 bits per heavy atom. The van der Waals surface area contributed by atoms with Gasteiger partial charge in [0, 0.05) is 5.54 Å². The Morgan fingerprint density at radius 2 is 1.84 bits per heavy atom. The molecule has 0 saturated heterocycles. The molecular weight excluding hydrogens is 238 g/mol. The summed E-state index contributed by atoms with van der Waals surface area (Å²) in [6.07, 6.45) is 3.16. The summed E-state index contributed by atoms with van der Waals surface area (Å²) in [5.74, 6) is 2.01. The highest BCUT2D eigenvalue weighted by molar-refractivity contribution is 5.43. The van der Waals surface area contributed by atoms with Gasteiger partial charge in [-0.15, -0.1) is 0 Å². The maximum absolute atomic E-state index is 6.47. The van der Waals surface area contributed by atoms with Gasteiger partial charge in [-0.3, -0.25) is 0 Å². The predicted octanol–water partition coefficient (Wildman–Crippen LogP) is 3.40. The molecule has 1 aromatic rings. The summed E-state index contributed by atoms with van der Waals surface area (Å²) in [6, 6.07) is 6.02. The van der Waals surface area contributed by atoms with E-state index in [0.29, 0.717) is 5.92 Å². The van der Waals surface area contributed by atoms with E-state index < -0.39 is 0 Å². The maximum Gasteiger partial charge on any atom is 0.160 e. The molecule has 108 valence electrons. The van der Waals surface area contributed by atoms with Gasteiger partial charge in [0.05, 0.1) is 14.2 Å². The third-order valence-electron chi connectivity index (χ3n) is 3.88. The third-order valence-corrected chi connectivity index (χ3v) is 3.88. The highest BCUT2D eigenvalue weighted by Crippen LogP contribution is 2.30. The fourth-order valence-electron chi connectivity index (χ4n) is 2.37. The van der Waals surface area contributed by atoms with E-state index in [0.717, 1.165) is 24.3 Å². The molecule has 0 amide bonds. The van der Waals surface area contributed by atoms with Crippen molar-refractivity contribution < 1.29 is 9.47 Å². The lowest BCUT2D eigenvalue weighted by atomic mass is 9.80. The summed E-state index contributed by atoms with van der Waals surface area (Å²) in [5.41, 5.74) is 7.46. The van der Waals surface area contributed by atoms with Gasteiger partial charge in [-0.1, -0.05) is 26.3 Å². The third kappa shape index (κ3) is 4.13. The van der Waals surface area contributed by atoms with Crippen LogP contribution in [0.2, 0.25) is 0 Å². The van der Waals surface area contributed by atoms with E-state index in [-0.39, 0.29) is 5.54 Å². The maximum atomic E-state index is 6.47. The van der Waals surface area contributed by atoms with Crippen LogP contribution >= 0.6 is 0 Å². The molecule has 0 bridgehead atoms. The Hall–Kier alpha value is -1.22. The predicted molar refractivity (Wildman–Crippen MR) is 79.9 cm³/mol. The lowest BCUT2D eigenvalue weighted by Crippen LogP contribution is -2.45. The largest absolute Gasteiger partial charge is 0.493 e. The van der Waals surface area contributed by atoms with Crippen LogP contribution in [0.5, 0.6) is 11.5 Å². The Labute approximate surface area is 117 Å². The van der Waals surface area contributed by atoms with E-state index in [9.17, 15) is 0 Å². The number of rotatable bonds is 7. The van der Waals surface area contributed by atoms with Gasteiger partial charge in [-0.05, 0) is 43.4 Å². The number of hydrogen-bond donors (Lipinski definition) is 1. The first-order valence-electron chi connectivity index (χ1n) is 6.94. The molecule has 1 aromatic carbocycles. The van der Waals surface area contributed by atoms with Gasteiger partial charge in [0.2, 0.25) is 0 Å². The number of ether oxygens (including phenoxy) is 2. The molecule has 0 fully saturated rings. The first-order valence-corrected chi connectivity index (χ1v) is 6.94. The molecule has 3 nitrogen and oxygen atoms in total. The van der Waals surface area contributed by atoms with Crippen LogP contribution in [0.3, 0.4) is 0 Å². The Bertz CT molecular complexity index is 402. The van der Waals surface area contributed by atoms with E-state index in [1.54, 1.807) is 14.2 Å². The van der Waals surface area contributed by atoms with Crippen LogP contribution in [0, 0.1) is 5.92 Å². The monoisotopic (exact) mass is 265 g/mol. The molecule has 2 N–H and O–H groups in total. The molecular formula is C16H27NO2. The summed E-state index contributed by atoms with van der Waals surface area (Å²) in [5, 5.41) is 0. The number of benzene rings is 1. The van der Waals surface area contributed by atoms with Crippen LogP contribution in [0.1, 0.15) is 39.2 Å². The standard InChI is InChI=1S/C16H27NO2/c1-6-7-12(2)16(3,17)11-13-8-9-14(18-4)15(10-13)19-5/h8-10,12H,6-7,11,17H2,1-5H3. The smallest absolute Gasteiger partial charge is 0.160 e. The van der Waals surface area contributed by atoms with Crippen LogP contribution < -0.4 is 15.2 Å². The van der Waals surface area contributed by atoms with Crippen LogP contribution in [0.25, 0.3) is 0 Å². The van der Waals surface area contributed by atoms with Crippen LogP contribution in [0.15, 0.2) is 18.2 Å². The van der Waals surface area contributed by atoms with Gasteiger partial charge >= 0.3 is 0 Å². The van der Waals surface area contributed by atoms with Crippen molar-refractivity contribution >= 4 is 0 Å². The second-order valence-corrected chi connectivity index (χ2v) is 5.56. The normalized spacial score (nSPS) is 15.7. The minimum atomic E-state index is -0.199. The quantitative estimate of drug-likeness (QED) is 0.821. The summed E-state index contributed by atoms with van der Waals surface area (Å²) in [7, 11) is 3.30. The Morgan fingerprint density at radius 3 is 2.37 bits per heavy atom. The fourth-order valence-corrected chi connectivity index (χ4v) is 2.37. The molecule has 2 atom stereocenters. The minimum absolute atomic E-state index is 0.199. The lowest BCUT2D eigenvalue weighted by Gasteiger charge is -2.32. The average Bonchev–Trinajstić information content (AvgIpc) is 2.38. The number of nitrogens with two attached hydrogens (primary N) is 1. The molecule has 1 rings (SSSR count). The lowest BCUT2D eigenvalue weighted by molar-refractivity contribution is 0.295. The van der Waals surface area contributed by atoms with Gasteiger partial charge in [0.15, 0.2) is 11.5 Å². The van der Waals surface area contributed by atoms with E-state index in [1.165, 1.54) is 12.0 Å². The van der Waals surface area contributed by atoms with Gasteiger partial charge in [0.1, 0.15) is 0 Å². The van der Waals surface area contributed by atoms with E-state index in [1.807, 2.05) is 12.1 Å². The molecule has 2 unspecified atom stereocenters. The molecule has 0 aliphatic rings.